The fraction of sp³-hybridized carbons (Fsp3) is 0.333. The molecule has 0 spiro atoms. The number of rotatable bonds is 2. The summed E-state index contributed by atoms with van der Waals surface area (Å²) in [6, 6.07) is 5.32. The smallest absolute Gasteiger partial charge is 0.394 e. The van der Waals surface area contributed by atoms with E-state index in [1.54, 1.807) is 12.1 Å². The molecule has 0 bridgehead atoms. The summed E-state index contributed by atoms with van der Waals surface area (Å²) in [7, 11) is -4.67. The zero-order valence-corrected chi connectivity index (χ0v) is 9.82. The molecule has 0 aliphatic rings. The summed E-state index contributed by atoms with van der Waals surface area (Å²) in [6.07, 6.45) is 0. The molecule has 0 radical (unpaired) electrons. The first-order valence-electron chi connectivity index (χ1n) is 4.47. The van der Waals surface area contributed by atoms with Crippen LogP contribution in [0, 0.1) is 6.92 Å². The highest BCUT2D eigenvalue weighted by Gasteiger charge is 1.96. The topological polar surface area (TPSA) is 107 Å². The van der Waals surface area contributed by atoms with Gasteiger partial charge in [-0.2, -0.15) is 8.42 Å². The summed E-state index contributed by atoms with van der Waals surface area (Å²) in [5.41, 5.74) is 2.16. The summed E-state index contributed by atoms with van der Waals surface area (Å²) < 4.78 is 31.6. The molecule has 1 aromatic rings. The molecule has 0 aliphatic carbocycles. The number of hydrogen-bond acceptors (Lipinski definition) is 4. The van der Waals surface area contributed by atoms with E-state index < -0.39 is 10.4 Å². The molecular weight excluding hydrogens is 234 g/mol. The molecule has 0 heterocycles. The molecule has 1 aromatic carbocycles. The van der Waals surface area contributed by atoms with Gasteiger partial charge in [-0.15, -0.1) is 0 Å². The van der Waals surface area contributed by atoms with E-state index in [2.05, 4.69) is 5.32 Å². The average molecular weight is 249 g/mol. The average Bonchev–Trinajstić information content (AvgIpc) is 2.09. The Morgan fingerprint density at radius 2 is 1.81 bits per heavy atom. The largest absolute Gasteiger partial charge is 0.508 e. The molecule has 92 valence electrons. The lowest BCUT2D eigenvalue weighted by Crippen LogP contribution is -1.97. The third-order valence-corrected chi connectivity index (χ3v) is 1.59. The number of phenolic OH excluding ortho intramolecular Hbond substituents is 1. The van der Waals surface area contributed by atoms with Crippen LogP contribution in [0.5, 0.6) is 5.75 Å². The lowest BCUT2D eigenvalue weighted by Gasteiger charge is -2.06. The van der Waals surface area contributed by atoms with Crippen molar-refractivity contribution >= 4 is 16.1 Å². The highest BCUT2D eigenvalue weighted by molar-refractivity contribution is 7.79. The Kier molecular flexibility index (Phi) is 5.79. The van der Waals surface area contributed by atoms with Crippen molar-refractivity contribution in [2.24, 2.45) is 0 Å². The van der Waals surface area contributed by atoms with E-state index in [9.17, 15) is 0 Å². The van der Waals surface area contributed by atoms with Crippen molar-refractivity contribution in [1.29, 1.82) is 0 Å². The number of hydrogen-bond donors (Lipinski definition) is 4. The highest BCUT2D eigenvalue weighted by Crippen LogP contribution is 2.20. The molecule has 0 aromatic heterocycles. The van der Waals surface area contributed by atoms with Gasteiger partial charge in [-0.3, -0.25) is 9.11 Å². The van der Waals surface area contributed by atoms with Gasteiger partial charge < -0.3 is 10.4 Å². The van der Waals surface area contributed by atoms with Crippen LogP contribution in [0.25, 0.3) is 0 Å². The number of benzene rings is 1. The van der Waals surface area contributed by atoms with E-state index >= 15 is 0 Å². The Morgan fingerprint density at radius 3 is 2.25 bits per heavy atom. The van der Waals surface area contributed by atoms with Crippen molar-refractivity contribution in [3.05, 3.63) is 23.8 Å². The molecule has 0 saturated carbocycles. The maximum absolute atomic E-state index is 9.12. The van der Waals surface area contributed by atoms with Crippen LogP contribution in [0.2, 0.25) is 0 Å². The van der Waals surface area contributed by atoms with Gasteiger partial charge in [-0.25, -0.2) is 0 Å². The van der Waals surface area contributed by atoms with Crippen molar-refractivity contribution < 1.29 is 22.6 Å². The summed E-state index contributed by atoms with van der Waals surface area (Å²) >= 11 is 0. The molecule has 0 atom stereocenters. The van der Waals surface area contributed by atoms with E-state index in [0.29, 0.717) is 5.75 Å². The first-order chi connectivity index (χ1) is 7.24. The quantitative estimate of drug-likeness (QED) is 0.591. The molecule has 0 aliphatic heterocycles. The van der Waals surface area contributed by atoms with Gasteiger partial charge in [-0.05, 0) is 25.5 Å². The van der Waals surface area contributed by atoms with Crippen LogP contribution in [0.1, 0.15) is 12.5 Å². The normalized spacial score (nSPS) is 10.2. The summed E-state index contributed by atoms with van der Waals surface area (Å²) in [6.45, 7) is 4.92. The van der Waals surface area contributed by atoms with E-state index in [-0.39, 0.29) is 0 Å². The lowest BCUT2D eigenvalue weighted by molar-refractivity contribution is 0.381. The minimum absolute atomic E-state index is 0.312. The molecule has 0 saturated heterocycles. The van der Waals surface area contributed by atoms with Gasteiger partial charge in [0.25, 0.3) is 0 Å². The van der Waals surface area contributed by atoms with Crippen molar-refractivity contribution in [3.8, 4) is 5.75 Å². The number of aryl methyl sites for hydroxylation is 1. The molecule has 4 N–H and O–H groups in total. The predicted octanol–water partition coefficient (Wildman–Crippen LogP) is 1.48. The SMILES string of the molecule is CCNc1cc(O)ccc1C.O=S(=O)(O)O. The maximum atomic E-state index is 9.12. The third-order valence-electron chi connectivity index (χ3n) is 1.59. The minimum Gasteiger partial charge on any atom is -0.508 e. The predicted molar refractivity (Wildman–Crippen MR) is 61.2 cm³/mol. The standard InChI is InChI=1S/C9H13NO.H2O4S/c1-3-10-9-6-8(11)5-4-7(9)2;1-5(2,3)4/h4-6,10-11H,3H2,1-2H3;(H2,1,2,3,4). The number of phenols is 1. The highest BCUT2D eigenvalue weighted by atomic mass is 32.3. The van der Waals surface area contributed by atoms with E-state index in [1.165, 1.54) is 0 Å². The van der Waals surface area contributed by atoms with Crippen molar-refractivity contribution in [1.82, 2.24) is 0 Å². The monoisotopic (exact) mass is 249 g/mol. The van der Waals surface area contributed by atoms with Crippen LogP contribution in [-0.4, -0.2) is 29.2 Å². The van der Waals surface area contributed by atoms with Crippen molar-refractivity contribution in [2.45, 2.75) is 13.8 Å². The van der Waals surface area contributed by atoms with Gasteiger partial charge in [0.15, 0.2) is 0 Å². The van der Waals surface area contributed by atoms with E-state index in [0.717, 1.165) is 17.8 Å². The molecule has 16 heavy (non-hydrogen) atoms. The van der Waals surface area contributed by atoms with Crippen LogP contribution >= 0.6 is 0 Å². The zero-order chi connectivity index (χ0) is 12.8. The Hall–Kier alpha value is -1.31. The number of nitrogens with one attached hydrogen (secondary N) is 1. The summed E-state index contributed by atoms with van der Waals surface area (Å²) in [5, 5.41) is 12.3. The molecule has 1 rings (SSSR count). The first-order valence-corrected chi connectivity index (χ1v) is 5.87. The van der Waals surface area contributed by atoms with E-state index in [1.807, 2.05) is 19.9 Å². The lowest BCUT2D eigenvalue weighted by atomic mass is 10.2. The zero-order valence-electron chi connectivity index (χ0n) is 9.01. The van der Waals surface area contributed by atoms with Gasteiger partial charge in [0, 0.05) is 18.3 Å². The van der Waals surface area contributed by atoms with Gasteiger partial charge in [0.1, 0.15) is 5.75 Å². The fourth-order valence-electron chi connectivity index (χ4n) is 0.991. The first kappa shape index (κ1) is 14.7. The Morgan fingerprint density at radius 1 is 1.31 bits per heavy atom. The van der Waals surface area contributed by atoms with Crippen LogP contribution < -0.4 is 5.32 Å². The van der Waals surface area contributed by atoms with Crippen LogP contribution in [0.15, 0.2) is 18.2 Å². The molecular formula is C9H15NO5S. The second-order valence-electron chi connectivity index (χ2n) is 2.98. The molecule has 7 heteroatoms. The fourth-order valence-corrected chi connectivity index (χ4v) is 0.991. The Bertz CT molecular complexity index is 422. The maximum Gasteiger partial charge on any atom is 0.394 e. The minimum atomic E-state index is -4.67. The second kappa shape index (κ2) is 6.31. The van der Waals surface area contributed by atoms with Gasteiger partial charge in [-0.1, -0.05) is 6.07 Å². The van der Waals surface area contributed by atoms with Crippen molar-refractivity contribution in [3.63, 3.8) is 0 Å². The third kappa shape index (κ3) is 8.04. The van der Waals surface area contributed by atoms with Gasteiger partial charge in [0.2, 0.25) is 0 Å². The molecule has 0 fully saturated rings. The van der Waals surface area contributed by atoms with Gasteiger partial charge >= 0.3 is 10.4 Å². The van der Waals surface area contributed by atoms with Crippen LogP contribution in [0.3, 0.4) is 0 Å². The summed E-state index contributed by atoms with van der Waals surface area (Å²) in [5.74, 6) is 0.312. The molecule has 0 amide bonds. The Balaban J connectivity index is 0.000000385. The summed E-state index contributed by atoms with van der Waals surface area (Å²) in [4.78, 5) is 0. The molecule has 0 unspecified atom stereocenters. The van der Waals surface area contributed by atoms with Crippen molar-refractivity contribution in [2.75, 3.05) is 11.9 Å². The Labute approximate surface area is 94.5 Å². The second-order valence-corrected chi connectivity index (χ2v) is 3.87. The number of aromatic hydroxyl groups is 1. The molecule has 6 nitrogen and oxygen atoms in total. The number of anilines is 1. The van der Waals surface area contributed by atoms with Gasteiger partial charge in [0.05, 0.1) is 0 Å². The van der Waals surface area contributed by atoms with E-state index in [4.69, 9.17) is 22.6 Å². The van der Waals surface area contributed by atoms with Crippen LogP contribution in [-0.2, 0) is 10.4 Å². The van der Waals surface area contributed by atoms with Crippen LogP contribution in [0.4, 0.5) is 5.69 Å².